The summed E-state index contributed by atoms with van der Waals surface area (Å²) in [5.41, 5.74) is 4.12. The molecule has 0 aromatic heterocycles. The Bertz CT molecular complexity index is 851. The fourth-order valence-corrected chi connectivity index (χ4v) is 3.88. The van der Waals surface area contributed by atoms with E-state index < -0.39 is 6.10 Å². The highest BCUT2D eigenvalue weighted by atomic mass is 16.7. The zero-order valence-electron chi connectivity index (χ0n) is 15.9. The molecule has 0 aliphatic carbocycles. The molecule has 2 aromatic carbocycles. The minimum atomic E-state index is -0.637. The molecular formula is C21H25NO5. The number of rotatable bonds is 2. The highest BCUT2D eigenvalue weighted by Gasteiger charge is 2.26. The van der Waals surface area contributed by atoms with Crippen LogP contribution in [0.4, 0.5) is 0 Å². The van der Waals surface area contributed by atoms with Gasteiger partial charge in [-0.15, -0.1) is 0 Å². The van der Waals surface area contributed by atoms with Gasteiger partial charge in [0.1, 0.15) is 0 Å². The molecule has 0 unspecified atom stereocenters. The van der Waals surface area contributed by atoms with E-state index in [1.807, 2.05) is 24.3 Å². The van der Waals surface area contributed by atoms with Crippen LogP contribution in [0.25, 0.3) is 0 Å². The quantitative estimate of drug-likeness (QED) is 0.876. The number of likely N-dealkylation sites (N-methyl/N-ethyl adjacent to an activating group) is 1. The van der Waals surface area contributed by atoms with Gasteiger partial charge < -0.3 is 29.0 Å². The lowest BCUT2D eigenvalue weighted by Crippen LogP contribution is -2.24. The second-order valence-electron chi connectivity index (χ2n) is 7.05. The van der Waals surface area contributed by atoms with Crippen molar-refractivity contribution in [3.8, 4) is 23.0 Å². The second kappa shape index (κ2) is 7.29. The second-order valence-corrected chi connectivity index (χ2v) is 7.05. The topological polar surface area (TPSA) is 60.4 Å². The molecule has 144 valence electrons. The number of aliphatic hydroxyl groups excluding tert-OH is 1. The summed E-state index contributed by atoms with van der Waals surface area (Å²) < 4.78 is 22.1. The Balaban J connectivity index is 1.79. The van der Waals surface area contributed by atoms with Gasteiger partial charge in [-0.3, -0.25) is 0 Å². The molecule has 27 heavy (non-hydrogen) atoms. The van der Waals surface area contributed by atoms with Gasteiger partial charge in [0.2, 0.25) is 6.79 Å². The molecule has 0 spiro atoms. The number of hydrogen-bond acceptors (Lipinski definition) is 6. The Morgan fingerprint density at radius 2 is 1.85 bits per heavy atom. The summed E-state index contributed by atoms with van der Waals surface area (Å²) in [5, 5.41) is 11.0. The Morgan fingerprint density at radius 1 is 1.07 bits per heavy atom. The molecule has 0 radical (unpaired) electrons. The van der Waals surface area contributed by atoms with Crippen LogP contribution in [0.15, 0.2) is 24.3 Å². The largest absolute Gasteiger partial charge is 0.493 e. The summed E-state index contributed by atoms with van der Waals surface area (Å²) >= 11 is 0. The minimum absolute atomic E-state index is 0.248. The number of nitrogens with zero attached hydrogens (tertiary/aromatic N) is 1. The van der Waals surface area contributed by atoms with E-state index in [1.54, 1.807) is 14.2 Å². The fraction of sp³-hybridized carbons (Fsp3) is 0.429. The van der Waals surface area contributed by atoms with Gasteiger partial charge in [0.05, 0.1) is 20.3 Å². The van der Waals surface area contributed by atoms with Crippen LogP contribution in [0.1, 0.15) is 28.4 Å². The summed E-state index contributed by atoms with van der Waals surface area (Å²) in [6.07, 6.45) is 0.676. The maximum absolute atomic E-state index is 11.0. The summed E-state index contributed by atoms with van der Waals surface area (Å²) in [7, 11) is 5.34. The maximum Gasteiger partial charge on any atom is 0.231 e. The fourth-order valence-electron chi connectivity index (χ4n) is 3.88. The van der Waals surface area contributed by atoms with E-state index in [0.717, 1.165) is 53.3 Å². The van der Waals surface area contributed by atoms with Gasteiger partial charge >= 0.3 is 0 Å². The highest BCUT2D eigenvalue weighted by molar-refractivity contribution is 5.53. The predicted octanol–water partition coefficient (Wildman–Crippen LogP) is 2.70. The van der Waals surface area contributed by atoms with Crippen molar-refractivity contribution < 1.29 is 24.1 Å². The lowest BCUT2D eigenvalue weighted by molar-refractivity contribution is 0.170. The van der Waals surface area contributed by atoms with E-state index in [1.165, 1.54) is 0 Å². The predicted molar refractivity (Wildman–Crippen MR) is 101 cm³/mol. The Morgan fingerprint density at radius 3 is 2.63 bits per heavy atom. The molecule has 4 rings (SSSR count). The molecule has 2 heterocycles. The highest BCUT2D eigenvalue weighted by Crippen LogP contribution is 2.41. The van der Waals surface area contributed by atoms with Crippen molar-refractivity contribution in [3.63, 3.8) is 0 Å². The van der Waals surface area contributed by atoms with Crippen LogP contribution in [0.5, 0.6) is 23.0 Å². The van der Waals surface area contributed by atoms with E-state index in [4.69, 9.17) is 18.9 Å². The van der Waals surface area contributed by atoms with Crippen molar-refractivity contribution in [1.29, 1.82) is 0 Å². The van der Waals surface area contributed by atoms with Gasteiger partial charge in [-0.2, -0.15) is 0 Å². The lowest BCUT2D eigenvalue weighted by atomic mass is 9.91. The van der Waals surface area contributed by atoms with Gasteiger partial charge in [0.25, 0.3) is 0 Å². The third-order valence-electron chi connectivity index (χ3n) is 5.35. The first-order chi connectivity index (χ1) is 13.1. The van der Waals surface area contributed by atoms with Crippen LogP contribution in [0, 0.1) is 0 Å². The monoisotopic (exact) mass is 371 g/mol. The molecule has 1 atom stereocenters. The molecule has 1 N–H and O–H groups in total. The summed E-state index contributed by atoms with van der Waals surface area (Å²) in [6.45, 7) is 1.84. The smallest absolute Gasteiger partial charge is 0.231 e. The average molecular weight is 371 g/mol. The molecule has 0 fully saturated rings. The van der Waals surface area contributed by atoms with Crippen molar-refractivity contribution >= 4 is 0 Å². The van der Waals surface area contributed by atoms with Gasteiger partial charge in [-0.25, -0.2) is 0 Å². The van der Waals surface area contributed by atoms with E-state index in [0.29, 0.717) is 17.9 Å². The van der Waals surface area contributed by atoms with Gasteiger partial charge in [-0.05, 0) is 48.4 Å². The van der Waals surface area contributed by atoms with Crippen molar-refractivity contribution in [2.24, 2.45) is 0 Å². The first kappa shape index (κ1) is 17.9. The Kier molecular flexibility index (Phi) is 4.85. The van der Waals surface area contributed by atoms with Crippen molar-refractivity contribution in [1.82, 2.24) is 4.90 Å². The van der Waals surface area contributed by atoms with Gasteiger partial charge in [-0.1, -0.05) is 6.07 Å². The van der Waals surface area contributed by atoms with Crippen LogP contribution >= 0.6 is 0 Å². The van der Waals surface area contributed by atoms with E-state index in [9.17, 15) is 5.11 Å². The molecule has 2 aliphatic rings. The lowest BCUT2D eigenvalue weighted by Gasteiger charge is -2.26. The molecule has 0 bridgehead atoms. The van der Waals surface area contributed by atoms with Crippen molar-refractivity contribution in [3.05, 3.63) is 46.5 Å². The third-order valence-corrected chi connectivity index (χ3v) is 5.35. The van der Waals surface area contributed by atoms with Gasteiger partial charge in [0.15, 0.2) is 23.0 Å². The van der Waals surface area contributed by atoms with Gasteiger partial charge in [0, 0.05) is 25.1 Å². The van der Waals surface area contributed by atoms with E-state index in [2.05, 4.69) is 11.9 Å². The van der Waals surface area contributed by atoms with Crippen LogP contribution in [-0.4, -0.2) is 44.6 Å². The molecular weight excluding hydrogens is 346 g/mol. The summed E-state index contributed by atoms with van der Waals surface area (Å²) in [6, 6.07) is 7.83. The Labute approximate surface area is 159 Å². The molecule has 6 heteroatoms. The maximum atomic E-state index is 11.0. The van der Waals surface area contributed by atoms with Crippen molar-refractivity contribution in [2.75, 3.05) is 34.6 Å². The molecule has 0 amide bonds. The molecule has 2 aliphatic heterocycles. The zero-order valence-corrected chi connectivity index (χ0v) is 15.9. The zero-order chi connectivity index (χ0) is 19.0. The summed E-state index contributed by atoms with van der Waals surface area (Å²) in [4.78, 5) is 2.26. The number of fused-ring (bicyclic) bond motifs is 4. The molecule has 0 saturated heterocycles. The van der Waals surface area contributed by atoms with Crippen LogP contribution < -0.4 is 18.9 Å². The van der Waals surface area contributed by atoms with Crippen LogP contribution in [-0.2, 0) is 19.4 Å². The standard InChI is InChI=1S/C21H25NO5/c1-22-7-6-14-9-19(24-2)20(25-3)10-15(14)17(23)8-13-4-5-18-21(16(13)11-22)27-12-26-18/h4-5,9-10,17,23H,6-8,11-12H2,1-3H3/t17-/m0/s1. The third kappa shape index (κ3) is 3.31. The van der Waals surface area contributed by atoms with Crippen LogP contribution in [0.3, 0.4) is 0 Å². The van der Waals surface area contributed by atoms with Crippen LogP contribution in [0.2, 0.25) is 0 Å². The molecule has 0 saturated carbocycles. The van der Waals surface area contributed by atoms with Crippen molar-refractivity contribution in [2.45, 2.75) is 25.5 Å². The summed E-state index contributed by atoms with van der Waals surface area (Å²) in [5.74, 6) is 2.90. The number of hydrogen-bond donors (Lipinski definition) is 1. The Hall–Kier alpha value is -2.44. The first-order valence-corrected chi connectivity index (χ1v) is 9.12. The average Bonchev–Trinajstić information content (AvgIpc) is 3.16. The minimum Gasteiger partial charge on any atom is -0.493 e. The van der Waals surface area contributed by atoms with E-state index in [-0.39, 0.29) is 6.79 Å². The van der Waals surface area contributed by atoms with E-state index >= 15 is 0 Å². The normalized spacial score (nSPS) is 19.2. The number of benzene rings is 2. The molecule has 2 aromatic rings. The number of methoxy groups -OCH3 is 2. The first-order valence-electron chi connectivity index (χ1n) is 9.12. The number of ether oxygens (including phenoxy) is 4. The SMILES string of the molecule is COc1cc2c(cc1OC)[C@@H](O)Cc1ccc3c(c1CN(C)CC2)OCO3. The number of aliphatic hydroxyl groups is 1. The molecule has 6 nitrogen and oxygen atoms in total.